The van der Waals surface area contributed by atoms with Crippen LogP contribution in [0.25, 0.3) is 11.1 Å². The molecule has 2 N–H and O–H groups in total. The number of piperazine rings is 1. The molecule has 0 radical (unpaired) electrons. The van der Waals surface area contributed by atoms with Crippen molar-refractivity contribution in [1.29, 1.82) is 0 Å². The zero-order chi connectivity index (χ0) is 25.3. The molecule has 0 aromatic heterocycles. The van der Waals surface area contributed by atoms with Gasteiger partial charge in [0.1, 0.15) is 0 Å². The number of hydrogen-bond acceptors (Lipinski definition) is 5. The molecular formula is C31H39N3OS. The molecule has 0 unspecified atom stereocenters. The van der Waals surface area contributed by atoms with Crippen LogP contribution in [-0.2, 0) is 0 Å². The van der Waals surface area contributed by atoms with E-state index in [0.717, 1.165) is 44.7 Å². The van der Waals surface area contributed by atoms with Gasteiger partial charge in [0.2, 0.25) is 0 Å². The molecule has 0 bridgehead atoms. The Bertz CT molecular complexity index is 1100. The lowest BCUT2D eigenvalue weighted by Gasteiger charge is -2.38. The average molecular weight is 502 g/mol. The van der Waals surface area contributed by atoms with E-state index in [9.17, 15) is 5.11 Å². The van der Waals surface area contributed by atoms with Crippen molar-refractivity contribution in [2.45, 2.75) is 32.7 Å². The molecule has 3 aromatic carbocycles. The Morgan fingerprint density at radius 1 is 0.833 bits per heavy atom. The first-order chi connectivity index (χ1) is 17.6. The van der Waals surface area contributed by atoms with Crippen LogP contribution < -0.4 is 9.62 Å². The molecule has 1 saturated heterocycles. The van der Waals surface area contributed by atoms with Crippen LogP contribution >= 0.6 is 11.9 Å². The van der Waals surface area contributed by atoms with Gasteiger partial charge in [-0.15, -0.1) is 0 Å². The quantitative estimate of drug-likeness (QED) is 0.241. The first kappa shape index (κ1) is 26.3. The van der Waals surface area contributed by atoms with E-state index in [-0.39, 0.29) is 6.61 Å². The summed E-state index contributed by atoms with van der Waals surface area (Å²) in [6.45, 7) is 9.10. The molecule has 1 heterocycles. The lowest BCUT2D eigenvalue weighted by atomic mass is 9.87. The highest BCUT2D eigenvalue weighted by Crippen LogP contribution is 2.36. The van der Waals surface area contributed by atoms with Crippen molar-refractivity contribution in [1.82, 2.24) is 4.90 Å². The first-order valence-corrected chi connectivity index (χ1v) is 14.2. The fraction of sp³-hybridized carbons (Fsp3) is 0.355. The third-order valence-corrected chi connectivity index (χ3v) is 7.41. The molecule has 3 aromatic rings. The molecule has 1 aliphatic rings. The van der Waals surface area contributed by atoms with E-state index in [2.05, 4.69) is 107 Å². The summed E-state index contributed by atoms with van der Waals surface area (Å²) in [6, 6.07) is 29.0. The number of nitrogens with one attached hydrogen (secondary N) is 1. The van der Waals surface area contributed by atoms with Crippen LogP contribution in [0.15, 0.2) is 78.9 Å². The maximum atomic E-state index is 9.67. The molecule has 0 amide bonds. The molecule has 0 aliphatic carbocycles. The van der Waals surface area contributed by atoms with Crippen LogP contribution in [0, 0.1) is 0 Å². The molecule has 0 saturated carbocycles. The molecule has 4 nitrogen and oxygen atoms in total. The average Bonchev–Trinajstić information content (AvgIpc) is 2.92. The lowest BCUT2D eigenvalue weighted by Crippen LogP contribution is -2.48. The number of nitrogens with zero attached hydrogens (tertiary/aromatic N) is 2. The van der Waals surface area contributed by atoms with E-state index < -0.39 is 0 Å². The van der Waals surface area contributed by atoms with Gasteiger partial charge >= 0.3 is 0 Å². The van der Waals surface area contributed by atoms with Gasteiger partial charge in [-0.05, 0) is 78.8 Å². The number of aliphatic hydroxyl groups is 1. The van der Waals surface area contributed by atoms with Gasteiger partial charge in [-0.1, -0.05) is 66.5 Å². The standard InChI is InChI=1S/C31H39N3OS/c1-24(2)33-19-21-34(22-20-33)29-17-13-27(14-18-29)31(26-11-15-28(16-12-26)32-36-3)30(10-7-23-35)25-8-5-4-6-9-25/h4-6,8-9,11-18,24,32,35H,7,10,19-23H2,1-3H3/b31-30-. The molecule has 36 heavy (non-hydrogen) atoms. The van der Waals surface area contributed by atoms with Crippen molar-refractivity contribution in [3.63, 3.8) is 0 Å². The number of aliphatic hydroxyl groups excluding tert-OH is 1. The van der Waals surface area contributed by atoms with Crippen molar-refractivity contribution in [2.75, 3.05) is 48.7 Å². The summed E-state index contributed by atoms with van der Waals surface area (Å²) >= 11 is 1.60. The summed E-state index contributed by atoms with van der Waals surface area (Å²) in [4.78, 5) is 5.05. The van der Waals surface area contributed by atoms with Crippen molar-refractivity contribution >= 4 is 34.5 Å². The van der Waals surface area contributed by atoms with Gasteiger partial charge in [-0.25, -0.2) is 0 Å². The minimum atomic E-state index is 0.182. The SMILES string of the molecule is CSNc1ccc(/C(=C(\CCCO)c2ccccc2)c2ccc(N3CCN(C(C)C)CC3)cc2)cc1. The van der Waals surface area contributed by atoms with E-state index in [1.807, 2.05) is 6.26 Å². The lowest BCUT2D eigenvalue weighted by molar-refractivity contribution is 0.209. The van der Waals surface area contributed by atoms with E-state index >= 15 is 0 Å². The smallest absolute Gasteiger partial charge is 0.0440 e. The number of hydrogen-bond donors (Lipinski definition) is 2. The number of allylic oxidation sites excluding steroid dienone is 1. The van der Waals surface area contributed by atoms with Gasteiger partial charge in [0.05, 0.1) is 0 Å². The van der Waals surface area contributed by atoms with Crippen molar-refractivity contribution in [2.24, 2.45) is 0 Å². The largest absolute Gasteiger partial charge is 0.396 e. The third kappa shape index (κ3) is 6.52. The van der Waals surface area contributed by atoms with Crippen LogP contribution in [-0.4, -0.2) is 55.1 Å². The van der Waals surface area contributed by atoms with Gasteiger partial charge in [0.15, 0.2) is 0 Å². The van der Waals surface area contributed by atoms with Gasteiger partial charge in [0.25, 0.3) is 0 Å². The molecule has 190 valence electrons. The maximum absolute atomic E-state index is 9.67. The van der Waals surface area contributed by atoms with E-state index in [4.69, 9.17) is 0 Å². The van der Waals surface area contributed by atoms with E-state index in [0.29, 0.717) is 6.04 Å². The molecule has 0 spiro atoms. The third-order valence-electron chi connectivity index (χ3n) is 6.97. The van der Waals surface area contributed by atoms with Crippen LogP contribution in [0.3, 0.4) is 0 Å². The Hall–Kier alpha value is -2.73. The minimum Gasteiger partial charge on any atom is -0.396 e. The predicted molar refractivity (Wildman–Crippen MR) is 158 cm³/mol. The van der Waals surface area contributed by atoms with E-state index in [1.165, 1.54) is 33.5 Å². The van der Waals surface area contributed by atoms with E-state index in [1.54, 1.807) is 11.9 Å². The number of benzene rings is 3. The van der Waals surface area contributed by atoms with Crippen molar-refractivity contribution in [3.05, 3.63) is 95.6 Å². The maximum Gasteiger partial charge on any atom is 0.0440 e. The Kier molecular flexibility index (Phi) is 9.51. The highest BCUT2D eigenvalue weighted by Gasteiger charge is 2.20. The highest BCUT2D eigenvalue weighted by atomic mass is 32.2. The Morgan fingerprint density at radius 2 is 1.44 bits per heavy atom. The molecule has 1 fully saturated rings. The summed E-state index contributed by atoms with van der Waals surface area (Å²) in [5, 5.41) is 9.67. The van der Waals surface area contributed by atoms with Gasteiger partial charge in [0, 0.05) is 56.5 Å². The van der Waals surface area contributed by atoms with Gasteiger partial charge < -0.3 is 14.7 Å². The summed E-state index contributed by atoms with van der Waals surface area (Å²) in [5.74, 6) is 0. The van der Waals surface area contributed by atoms with Gasteiger partial charge in [-0.2, -0.15) is 0 Å². The minimum absolute atomic E-state index is 0.182. The summed E-state index contributed by atoms with van der Waals surface area (Å²) in [7, 11) is 0. The molecule has 1 aliphatic heterocycles. The fourth-order valence-electron chi connectivity index (χ4n) is 4.98. The topological polar surface area (TPSA) is 38.7 Å². The fourth-order valence-corrected chi connectivity index (χ4v) is 5.35. The normalized spacial score (nSPS) is 15.2. The van der Waals surface area contributed by atoms with Crippen LogP contribution in [0.4, 0.5) is 11.4 Å². The second-order valence-electron chi connectivity index (χ2n) is 9.59. The monoisotopic (exact) mass is 501 g/mol. The van der Waals surface area contributed by atoms with Crippen molar-refractivity contribution in [3.8, 4) is 0 Å². The Morgan fingerprint density at radius 3 is 2.00 bits per heavy atom. The molecule has 5 heteroatoms. The number of rotatable bonds is 10. The Labute approximate surface area is 221 Å². The molecular weight excluding hydrogens is 462 g/mol. The zero-order valence-corrected chi connectivity index (χ0v) is 22.6. The van der Waals surface area contributed by atoms with Crippen LogP contribution in [0.2, 0.25) is 0 Å². The second kappa shape index (κ2) is 13.0. The zero-order valence-electron chi connectivity index (χ0n) is 21.8. The van der Waals surface area contributed by atoms with Crippen molar-refractivity contribution < 1.29 is 5.11 Å². The predicted octanol–water partition coefficient (Wildman–Crippen LogP) is 6.64. The Balaban J connectivity index is 1.72. The van der Waals surface area contributed by atoms with Gasteiger partial charge in [-0.3, -0.25) is 4.90 Å². The molecule has 4 rings (SSSR count). The summed E-state index contributed by atoms with van der Waals surface area (Å²) < 4.78 is 3.32. The summed E-state index contributed by atoms with van der Waals surface area (Å²) in [5.41, 5.74) is 8.51. The highest BCUT2D eigenvalue weighted by molar-refractivity contribution is 7.99. The first-order valence-electron chi connectivity index (χ1n) is 13.0. The van der Waals surface area contributed by atoms with Crippen LogP contribution in [0.1, 0.15) is 43.4 Å². The number of anilines is 2. The van der Waals surface area contributed by atoms with Crippen LogP contribution in [0.5, 0.6) is 0 Å². The summed E-state index contributed by atoms with van der Waals surface area (Å²) in [6.07, 6.45) is 3.59. The molecule has 0 atom stereocenters. The second-order valence-corrected chi connectivity index (χ2v) is 10.2.